The van der Waals surface area contributed by atoms with Crippen molar-refractivity contribution in [1.29, 1.82) is 0 Å². The van der Waals surface area contributed by atoms with Crippen LogP contribution in [0.4, 0.5) is 0 Å². The fraction of sp³-hybridized carbons (Fsp3) is 0.133. The summed E-state index contributed by atoms with van der Waals surface area (Å²) in [6, 6.07) is 13.8. The number of rotatable bonds is 4. The lowest BCUT2D eigenvalue weighted by molar-refractivity contribution is 0.595. The Labute approximate surface area is 124 Å². The van der Waals surface area contributed by atoms with E-state index in [0.29, 0.717) is 15.4 Å². The topological polar surface area (TPSA) is 60.2 Å². The molecule has 0 heterocycles. The zero-order valence-electron chi connectivity index (χ0n) is 11.0. The molecule has 0 radical (unpaired) electrons. The molecule has 0 bridgehead atoms. The minimum absolute atomic E-state index is 0.0341. The van der Waals surface area contributed by atoms with E-state index in [-0.39, 0.29) is 5.75 Å². The molecular weight excluding hydrogens is 290 g/mol. The molecule has 0 aromatic heterocycles. The standard InChI is InChI=1S/C15H15NO2S2/c1-11-2-8-14(9-3-11)20(17,18)10-12-4-6-13(7-5-12)15(16)19/h2-9H,10H2,1H3,(H2,16,19). The van der Waals surface area contributed by atoms with Gasteiger partial charge in [-0.1, -0.05) is 54.2 Å². The van der Waals surface area contributed by atoms with E-state index < -0.39 is 9.84 Å². The van der Waals surface area contributed by atoms with Crippen molar-refractivity contribution in [2.24, 2.45) is 5.73 Å². The van der Waals surface area contributed by atoms with Gasteiger partial charge in [-0.15, -0.1) is 0 Å². The van der Waals surface area contributed by atoms with Crippen LogP contribution in [-0.2, 0) is 15.6 Å². The molecule has 0 saturated carbocycles. The van der Waals surface area contributed by atoms with Crippen molar-refractivity contribution in [1.82, 2.24) is 0 Å². The third-order valence-electron chi connectivity index (χ3n) is 2.98. The quantitative estimate of drug-likeness (QED) is 0.882. The van der Waals surface area contributed by atoms with Gasteiger partial charge in [0.2, 0.25) is 0 Å². The Morgan fingerprint density at radius 3 is 2.10 bits per heavy atom. The van der Waals surface area contributed by atoms with E-state index in [2.05, 4.69) is 0 Å². The van der Waals surface area contributed by atoms with Crippen LogP contribution in [0.1, 0.15) is 16.7 Å². The molecule has 0 spiro atoms. The highest BCUT2D eigenvalue weighted by molar-refractivity contribution is 7.90. The lowest BCUT2D eigenvalue weighted by Crippen LogP contribution is -2.09. The molecule has 104 valence electrons. The Hall–Kier alpha value is -1.72. The van der Waals surface area contributed by atoms with E-state index in [1.165, 1.54) is 0 Å². The van der Waals surface area contributed by atoms with Gasteiger partial charge < -0.3 is 5.73 Å². The normalized spacial score (nSPS) is 11.2. The summed E-state index contributed by atoms with van der Waals surface area (Å²) in [7, 11) is -3.33. The maximum atomic E-state index is 12.3. The van der Waals surface area contributed by atoms with Gasteiger partial charge in [-0.3, -0.25) is 0 Å². The summed E-state index contributed by atoms with van der Waals surface area (Å²) in [6.45, 7) is 1.92. The van der Waals surface area contributed by atoms with Gasteiger partial charge in [-0.25, -0.2) is 8.42 Å². The summed E-state index contributed by atoms with van der Waals surface area (Å²) >= 11 is 4.86. The molecule has 0 aliphatic rings. The molecule has 0 saturated heterocycles. The first kappa shape index (κ1) is 14.7. The maximum Gasteiger partial charge on any atom is 0.182 e. The Kier molecular flexibility index (Phi) is 4.20. The average Bonchev–Trinajstić information content (AvgIpc) is 2.39. The molecule has 0 aliphatic carbocycles. The Bertz CT molecular complexity index is 717. The first-order valence-corrected chi connectivity index (χ1v) is 8.13. The molecule has 2 N–H and O–H groups in total. The van der Waals surface area contributed by atoms with Gasteiger partial charge in [0.25, 0.3) is 0 Å². The van der Waals surface area contributed by atoms with Crippen LogP contribution in [0.15, 0.2) is 53.4 Å². The number of sulfone groups is 1. The van der Waals surface area contributed by atoms with Crippen LogP contribution >= 0.6 is 12.2 Å². The summed E-state index contributed by atoms with van der Waals surface area (Å²) in [6.07, 6.45) is 0. The molecule has 0 aliphatic heterocycles. The van der Waals surface area contributed by atoms with E-state index in [9.17, 15) is 8.42 Å². The van der Waals surface area contributed by atoms with Crippen LogP contribution in [-0.4, -0.2) is 13.4 Å². The van der Waals surface area contributed by atoms with Crippen molar-refractivity contribution in [2.75, 3.05) is 0 Å². The Morgan fingerprint density at radius 2 is 1.60 bits per heavy atom. The van der Waals surface area contributed by atoms with E-state index in [1.807, 2.05) is 6.92 Å². The van der Waals surface area contributed by atoms with Gasteiger partial charge in [0.15, 0.2) is 9.84 Å². The highest BCUT2D eigenvalue weighted by atomic mass is 32.2. The fourth-order valence-electron chi connectivity index (χ4n) is 1.81. The van der Waals surface area contributed by atoms with Crippen LogP contribution in [0.25, 0.3) is 0 Å². The summed E-state index contributed by atoms with van der Waals surface area (Å²) in [5.41, 5.74) is 7.99. The van der Waals surface area contributed by atoms with Gasteiger partial charge in [-0.2, -0.15) is 0 Å². The van der Waals surface area contributed by atoms with Gasteiger partial charge in [-0.05, 0) is 24.6 Å². The van der Waals surface area contributed by atoms with Crippen LogP contribution in [0.5, 0.6) is 0 Å². The predicted octanol–water partition coefficient (Wildman–Crippen LogP) is 2.60. The molecule has 20 heavy (non-hydrogen) atoms. The monoisotopic (exact) mass is 305 g/mol. The number of hydrogen-bond donors (Lipinski definition) is 1. The maximum absolute atomic E-state index is 12.3. The van der Waals surface area contributed by atoms with Crippen LogP contribution < -0.4 is 5.73 Å². The van der Waals surface area contributed by atoms with Crippen LogP contribution in [0.3, 0.4) is 0 Å². The number of thiocarbonyl (C=S) groups is 1. The summed E-state index contributed by atoms with van der Waals surface area (Å²) in [5.74, 6) is -0.0341. The third-order valence-corrected chi connectivity index (χ3v) is 4.91. The lowest BCUT2D eigenvalue weighted by atomic mass is 10.1. The zero-order valence-corrected chi connectivity index (χ0v) is 12.7. The smallest absolute Gasteiger partial charge is 0.182 e. The van der Waals surface area contributed by atoms with Crippen LogP contribution in [0.2, 0.25) is 0 Å². The highest BCUT2D eigenvalue weighted by Gasteiger charge is 2.15. The number of hydrogen-bond acceptors (Lipinski definition) is 3. The fourth-order valence-corrected chi connectivity index (χ4v) is 3.30. The first-order valence-electron chi connectivity index (χ1n) is 6.07. The van der Waals surface area contributed by atoms with Crippen molar-refractivity contribution in [3.63, 3.8) is 0 Å². The van der Waals surface area contributed by atoms with E-state index in [4.69, 9.17) is 18.0 Å². The second-order valence-corrected chi connectivity index (χ2v) is 7.06. The van der Waals surface area contributed by atoms with Crippen LogP contribution in [0, 0.1) is 6.92 Å². The Morgan fingerprint density at radius 1 is 1.05 bits per heavy atom. The second kappa shape index (κ2) is 5.73. The van der Waals surface area contributed by atoms with Gasteiger partial charge >= 0.3 is 0 Å². The molecular formula is C15H15NO2S2. The van der Waals surface area contributed by atoms with Gasteiger partial charge in [0.05, 0.1) is 10.6 Å². The van der Waals surface area contributed by atoms with Gasteiger partial charge in [0, 0.05) is 5.56 Å². The van der Waals surface area contributed by atoms with Crippen molar-refractivity contribution in [2.45, 2.75) is 17.6 Å². The molecule has 2 aromatic carbocycles. The largest absolute Gasteiger partial charge is 0.389 e. The minimum Gasteiger partial charge on any atom is -0.389 e. The van der Waals surface area contributed by atoms with Crippen molar-refractivity contribution < 1.29 is 8.42 Å². The molecule has 3 nitrogen and oxygen atoms in total. The molecule has 0 fully saturated rings. The van der Waals surface area contributed by atoms with E-state index in [0.717, 1.165) is 11.1 Å². The Balaban J connectivity index is 2.24. The molecule has 0 atom stereocenters. The molecule has 0 unspecified atom stereocenters. The molecule has 5 heteroatoms. The molecule has 2 aromatic rings. The zero-order chi connectivity index (χ0) is 14.8. The summed E-state index contributed by atoms with van der Waals surface area (Å²) in [4.78, 5) is 0.638. The van der Waals surface area contributed by atoms with Crippen molar-refractivity contribution in [3.8, 4) is 0 Å². The molecule has 2 rings (SSSR count). The SMILES string of the molecule is Cc1ccc(S(=O)(=O)Cc2ccc(C(N)=S)cc2)cc1. The van der Waals surface area contributed by atoms with E-state index >= 15 is 0 Å². The van der Waals surface area contributed by atoms with Gasteiger partial charge in [0.1, 0.15) is 4.99 Å². The minimum atomic E-state index is -3.33. The number of benzene rings is 2. The molecule has 0 amide bonds. The predicted molar refractivity (Wildman–Crippen MR) is 84.4 cm³/mol. The van der Waals surface area contributed by atoms with E-state index in [1.54, 1.807) is 48.5 Å². The summed E-state index contributed by atoms with van der Waals surface area (Å²) in [5, 5.41) is 0. The second-order valence-electron chi connectivity index (χ2n) is 4.63. The number of nitrogens with two attached hydrogens (primary N) is 1. The summed E-state index contributed by atoms with van der Waals surface area (Å²) < 4.78 is 24.6. The number of aryl methyl sites for hydroxylation is 1. The lowest BCUT2D eigenvalue weighted by Gasteiger charge is -2.06. The highest BCUT2D eigenvalue weighted by Crippen LogP contribution is 2.17. The average molecular weight is 305 g/mol. The third kappa shape index (κ3) is 3.43. The van der Waals surface area contributed by atoms with Crippen molar-refractivity contribution >= 4 is 27.0 Å². The first-order chi connectivity index (χ1) is 9.38. The van der Waals surface area contributed by atoms with Crippen molar-refractivity contribution in [3.05, 3.63) is 65.2 Å².